The van der Waals surface area contributed by atoms with Crippen molar-refractivity contribution in [1.29, 1.82) is 0 Å². The number of nitrogens with zero attached hydrogens (tertiary/aromatic N) is 5. The van der Waals surface area contributed by atoms with Crippen molar-refractivity contribution < 1.29 is 8.78 Å². The van der Waals surface area contributed by atoms with Crippen molar-refractivity contribution in [3.8, 4) is 0 Å². The van der Waals surface area contributed by atoms with E-state index in [9.17, 15) is 8.78 Å². The van der Waals surface area contributed by atoms with Crippen molar-refractivity contribution in [2.24, 2.45) is 5.41 Å². The quantitative estimate of drug-likeness (QED) is 0.843. The molecule has 0 aromatic carbocycles. The van der Waals surface area contributed by atoms with E-state index < -0.39 is 11.3 Å². The fourth-order valence-corrected chi connectivity index (χ4v) is 4.12. The summed E-state index contributed by atoms with van der Waals surface area (Å²) in [6.45, 7) is 4.29. The van der Waals surface area contributed by atoms with E-state index >= 15 is 0 Å². The molecule has 2 aliphatic rings. The molecule has 1 atom stereocenters. The van der Waals surface area contributed by atoms with Gasteiger partial charge in [0.05, 0.1) is 11.1 Å². The first-order valence-corrected chi connectivity index (χ1v) is 9.02. The summed E-state index contributed by atoms with van der Waals surface area (Å²) in [5.74, 6) is -1.97. The predicted molar refractivity (Wildman–Crippen MR) is 95.1 cm³/mol. The molecule has 138 valence electrons. The summed E-state index contributed by atoms with van der Waals surface area (Å²) < 4.78 is 29.9. The van der Waals surface area contributed by atoms with Gasteiger partial charge in [0.15, 0.2) is 5.82 Å². The summed E-state index contributed by atoms with van der Waals surface area (Å²) in [4.78, 5) is 8.13. The molecule has 0 bridgehead atoms. The molecular weight excluding hydrogens is 336 g/mol. The fourth-order valence-electron chi connectivity index (χ4n) is 4.12. The lowest BCUT2D eigenvalue weighted by Gasteiger charge is -2.46. The second-order valence-corrected chi connectivity index (χ2v) is 7.51. The summed E-state index contributed by atoms with van der Waals surface area (Å²) in [6.07, 6.45) is 3.88. The average molecular weight is 359 g/mol. The van der Waals surface area contributed by atoms with Crippen LogP contribution in [0.15, 0.2) is 36.7 Å². The van der Waals surface area contributed by atoms with Gasteiger partial charge in [-0.15, -0.1) is 5.10 Å². The second kappa shape index (κ2) is 6.54. The zero-order valence-electron chi connectivity index (χ0n) is 14.9. The van der Waals surface area contributed by atoms with Crippen LogP contribution in [0.5, 0.6) is 0 Å². The monoisotopic (exact) mass is 359 g/mol. The van der Waals surface area contributed by atoms with Gasteiger partial charge >= 0.3 is 0 Å². The highest BCUT2D eigenvalue weighted by atomic mass is 19.3. The number of pyridine rings is 1. The summed E-state index contributed by atoms with van der Waals surface area (Å²) in [5.41, 5.74) is 0.916. The molecule has 2 aliphatic heterocycles. The molecule has 5 nitrogen and oxygen atoms in total. The molecule has 0 aliphatic carbocycles. The van der Waals surface area contributed by atoms with E-state index in [0.29, 0.717) is 45.0 Å². The Morgan fingerprint density at radius 1 is 1.00 bits per heavy atom. The van der Waals surface area contributed by atoms with Gasteiger partial charge in [0.25, 0.3) is 5.92 Å². The minimum absolute atomic E-state index is 0.0918. The van der Waals surface area contributed by atoms with Gasteiger partial charge in [0, 0.05) is 51.5 Å². The molecule has 0 amide bonds. The van der Waals surface area contributed by atoms with Gasteiger partial charge in [0.1, 0.15) is 0 Å². The van der Waals surface area contributed by atoms with Gasteiger partial charge in [-0.25, -0.2) is 8.78 Å². The number of likely N-dealkylation sites (tertiary alicyclic amines) is 1. The van der Waals surface area contributed by atoms with E-state index in [2.05, 4.69) is 20.1 Å². The number of aromatic nitrogens is 3. The van der Waals surface area contributed by atoms with Crippen LogP contribution in [0, 0.1) is 12.3 Å². The Labute approximate surface area is 152 Å². The van der Waals surface area contributed by atoms with Crippen LogP contribution in [0.4, 0.5) is 14.6 Å². The summed E-state index contributed by atoms with van der Waals surface area (Å²) in [5, 5.41) is 8.25. The zero-order valence-corrected chi connectivity index (χ0v) is 14.9. The molecule has 4 heterocycles. The number of rotatable bonds is 3. The molecule has 1 spiro atoms. The summed E-state index contributed by atoms with van der Waals surface area (Å²) >= 11 is 0. The van der Waals surface area contributed by atoms with Crippen LogP contribution < -0.4 is 4.90 Å². The van der Waals surface area contributed by atoms with Crippen molar-refractivity contribution in [2.45, 2.75) is 32.2 Å². The lowest BCUT2D eigenvalue weighted by Crippen LogP contribution is -2.56. The minimum Gasteiger partial charge on any atom is -0.354 e. The van der Waals surface area contributed by atoms with Crippen molar-refractivity contribution in [2.75, 3.05) is 31.1 Å². The molecule has 0 unspecified atom stereocenters. The van der Waals surface area contributed by atoms with Crippen LogP contribution in [0.3, 0.4) is 0 Å². The number of aryl methyl sites for hydroxylation is 1. The summed E-state index contributed by atoms with van der Waals surface area (Å²) in [7, 11) is 0. The number of hydrogen-bond acceptors (Lipinski definition) is 5. The van der Waals surface area contributed by atoms with Gasteiger partial charge < -0.3 is 4.90 Å². The molecule has 0 saturated carbocycles. The molecular formula is C19H23F2N5. The van der Waals surface area contributed by atoms with Crippen LogP contribution in [-0.4, -0.2) is 52.2 Å². The molecule has 2 saturated heterocycles. The van der Waals surface area contributed by atoms with E-state index in [1.165, 1.54) is 0 Å². The topological polar surface area (TPSA) is 45.2 Å². The molecule has 7 heteroatoms. The first-order valence-electron chi connectivity index (χ1n) is 9.02. The van der Waals surface area contributed by atoms with E-state index in [1.807, 2.05) is 36.1 Å². The van der Waals surface area contributed by atoms with Gasteiger partial charge in [-0.3, -0.25) is 9.88 Å². The number of anilines is 1. The van der Waals surface area contributed by atoms with Crippen LogP contribution in [0.2, 0.25) is 0 Å². The van der Waals surface area contributed by atoms with Gasteiger partial charge in [-0.2, -0.15) is 5.10 Å². The van der Waals surface area contributed by atoms with Crippen molar-refractivity contribution >= 4 is 5.82 Å². The lowest BCUT2D eigenvalue weighted by molar-refractivity contribution is -0.158. The third kappa shape index (κ3) is 3.16. The Morgan fingerprint density at radius 3 is 2.54 bits per heavy atom. The Bertz CT molecular complexity index is 752. The largest absolute Gasteiger partial charge is 0.354 e. The predicted octanol–water partition coefficient (Wildman–Crippen LogP) is 2.92. The van der Waals surface area contributed by atoms with Gasteiger partial charge in [-0.05, 0) is 43.2 Å². The minimum atomic E-state index is -2.66. The maximum absolute atomic E-state index is 14.9. The number of hydrogen-bond donors (Lipinski definition) is 0. The maximum atomic E-state index is 14.9. The maximum Gasteiger partial charge on any atom is 0.257 e. The lowest BCUT2D eigenvalue weighted by atomic mass is 9.75. The molecule has 0 N–H and O–H groups in total. The van der Waals surface area contributed by atoms with E-state index in [-0.39, 0.29) is 6.42 Å². The highest BCUT2D eigenvalue weighted by Crippen LogP contribution is 2.50. The molecule has 26 heavy (non-hydrogen) atoms. The number of piperidine rings is 1. The van der Waals surface area contributed by atoms with Gasteiger partial charge in [0.2, 0.25) is 0 Å². The Hall–Kier alpha value is -2.15. The van der Waals surface area contributed by atoms with E-state index in [0.717, 1.165) is 11.3 Å². The smallest absolute Gasteiger partial charge is 0.257 e. The first kappa shape index (κ1) is 17.3. The van der Waals surface area contributed by atoms with E-state index in [1.54, 1.807) is 12.4 Å². The molecule has 2 aromatic rings. The Kier molecular flexibility index (Phi) is 4.34. The zero-order chi connectivity index (χ0) is 18.2. The fraction of sp³-hybridized carbons (Fsp3) is 0.526. The molecule has 4 rings (SSSR count). The average Bonchev–Trinajstić information content (AvgIpc) is 3.06. The molecule has 0 radical (unpaired) electrons. The summed E-state index contributed by atoms with van der Waals surface area (Å²) in [6, 6.07) is 7.64. The third-order valence-electron chi connectivity index (χ3n) is 5.66. The third-order valence-corrected chi connectivity index (χ3v) is 5.66. The Balaban J connectivity index is 1.52. The van der Waals surface area contributed by atoms with Gasteiger partial charge in [-0.1, -0.05) is 0 Å². The second-order valence-electron chi connectivity index (χ2n) is 7.51. The molecule has 2 fully saturated rings. The van der Waals surface area contributed by atoms with Crippen LogP contribution >= 0.6 is 0 Å². The van der Waals surface area contributed by atoms with Crippen LogP contribution in [0.1, 0.15) is 24.1 Å². The first-order chi connectivity index (χ1) is 12.5. The standard InChI is InChI=1S/C19H23F2N5/c1-15-2-3-17(24-23-15)26-11-6-18(14-26)13-25(10-7-19(18,20)21)12-16-4-8-22-9-5-16/h2-5,8-9H,6-7,10-14H2,1H3/t18-/m0/s1. The van der Waals surface area contributed by atoms with Crippen LogP contribution in [-0.2, 0) is 6.54 Å². The highest BCUT2D eigenvalue weighted by Gasteiger charge is 2.59. The van der Waals surface area contributed by atoms with Crippen molar-refractivity contribution in [3.05, 3.63) is 47.9 Å². The van der Waals surface area contributed by atoms with E-state index in [4.69, 9.17) is 0 Å². The highest BCUT2D eigenvalue weighted by molar-refractivity contribution is 5.40. The Morgan fingerprint density at radius 2 is 1.81 bits per heavy atom. The van der Waals surface area contributed by atoms with Crippen LogP contribution in [0.25, 0.3) is 0 Å². The molecule has 2 aromatic heterocycles. The SMILES string of the molecule is Cc1ccc(N2CC[C@]3(CN(Cc4ccncc4)CCC3(F)F)C2)nn1. The number of alkyl halides is 2. The normalized spacial score (nSPS) is 25.7. The number of halogens is 2. The van der Waals surface area contributed by atoms with Crippen molar-refractivity contribution in [3.63, 3.8) is 0 Å². The van der Waals surface area contributed by atoms with Crippen molar-refractivity contribution in [1.82, 2.24) is 20.1 Å².